The molecule has 1 heterocycles. The summed E-state index contributed by atoms with van der Waals surface area (Å²) in [7, 11) is 0. The molecule has 0 N–H and O–H groups in total. The summed E-state index contributed by atoms with van der Waals surface area (Å²) in [5, 5.41) is -0.781. The summed E-state index contributed by atoms with van der Waals surface area (Å²) in [6.07, 6.45) is -3.82. The summed E-state index contributed by atoms with van der Waals surface area (Å²) >= 11 is -0.416. The van der Waals surface area contributed by atoms with Crippen LogP contribution in [0.15, 0.2) is 91.0 Å². The van der Waals surface area contributed by atoms with Crippen LogP contribution in [0.2, 0.25) is 0 Å². The SMILES string of the molecule is O=C(OC[C@H]1O[C@@H]([Se]c2ccccc2)CC(F)(F)[C@@H]1OC(=O)c1ccccc1)c1ccccc1. The molecule has 176 valence electrons. The Morgan fingerprint density at radius 3 is 1.97 bits per heavy atom. The third-order valence-corrected chi connectivity index (χ3v) is 7.44. The van der Waals surface area contributed by atoms with Crippen LogP contribution in [0.3, 0.4) is 0 Å². The number of alkyl halides is 2. The summed E-state index contributed by atoms with van der Waals surface area (Å²) in [5.74, 6) is -4.93. The van der Waals surface area contributed by atoms with Crippen molar-refractivity contribution in [2.75, 3.05) is 6.61 Å². The Kier molecular flexibility index (Phi) is 7.73. The van der Waals surface area contributed by atoms with Gasteiger partial charge in [0.05, 0.1) is 0 Å². The van der Waals surface area contributed by atoms with E-state index >= 15 is 8.78 Å². The molecular formula is C26H22F2O5Se. The normalized spacial score (nSPS) is 21.4. The first-order valence-corrected chi connectivity index (χ1v) is 12.5. The number of hydrogen-bond acceptors (Lipinski definition) is 5. The molecule has 5 nitrogen and oxygen atoms in total. The Morgan fingerprint density at radius 2 is 1.38 bits per heavy atom. The molecule has 1 aliphatic rings. The molecule has 3 atom stereocenters. The quantitative estimate of drug-likeness (QED) is 0.343. The number of esters is 2. The summed E-state index contributed by atoms with van der Waals surface area (Å²) in [6.45, 7) is -0.475. The third kappa shape index (κ3) is 6.08. The van der Waals surface area contributed by atoms with E-state index in [1.807, 2.05) is 30.3 Å². The fourth-order valence-electron chi connectivity index (χ4n) is 3.51. The van der Waals surface area contributed by atoms with E-state index in [9.17, 15) is 9.59 Å². The number of carbonyl (C=O) groups is 2. The summed E-state index contributed by atoms with van der Waals surface area (Å²) < 4.78 is 48.0. The Morgan fingerprint density at radius 1 is 0.853 bits per heavy atom. The number of carbonyl (C=O) groups excluding carboxylic acids is 2. The van der Waals surface area contributed by atoms with Gasteiger partial charge in [0.15, 0.2) is 0 Å². The molecule has 1 saturated heterocycles. The molecule has 8 heteroatoms. The molecule has 34 heavy (non-hydrogen) atoms. The van der Waals surface area contributed by atoms with Gasteiger partial charge in [-0.2, -0.15) is 0 Å². The van der Waals surface area contributed by atoms with Gasteiger partial charge in [-0.1, -0.05) is 0 Å². The average Bonchev–Trinajstić information content (AvgIpc) is 2.85. The number of halogens is 2. The molecule has 0 amide bonds. The van der Waals surface area contributed by atoms with Crippen molar-refractivity contribution < 1.29 is 32.6 Å². The van der Waals surface area contributed by atoms with Gasteiger partial charge in [-0.15, -0.1) is 0 Å². The van der Waals surface area contributed by atoms with Crippen molar-refractivity contribution in [1.82, 2.24) is 0 Å². The number of hydrogen-bond donors (Lipinski definition) is 0. The fourth-order valence-corrected chi connectivity index (χ4v) is 5.86. The average molecular weight is 531 g/mol. The van der Waals surface area contributed by atoms with Crippen LogP contribution >= 0.6 is 0 Å². The first-order valence-electron chi connectivity index (χ1n) is 10.7. The molecule has 4 rings (SSSR count). The van der Waals surface area contributed by atoms with Gasteiger partial charge in [-0.05, 0) is 0 Å². The second-order valence-electron chi connectivity index (χ2n) is 7.66. The van der Waals surface area contributed by atoms with Crippen LogP contribution < -0.4 is 4.46 Å². The van der Waals surface area contributed by atoms with Crippen molar-refractivity contribution in [3.05, 3.63) is 102 Å². The summed E-state index contributed by atoms with van der Waals surface area (Å²) in [6, 6.07) is 25.3. The van der Waals surface area contributed by atoms with Crippen LogP contribution in [-0.4, -0.2) is 56.6 Å². The van der Waals surface area contributed by atoms with E-state index in [2.05, 4.69) is 0 Å². The van der Waals surface area contributed by atoms with Crippen molar-refractivity contribution in [3.8, 4) is 0 Å². The third-order valence-electron chi connectivity index (χ3n) is 5.16. The van der Waals surface area contributed by atoms with Gasteiger partial charge in [-0.3, -0.25) is 0 Å². The van der Waals surface area contributed by atoms with E-state index in [1.165, 1.54) is 12.1 Å². The molecule has 3 aromatic carbocycles. The van der Waals surface area contributed by atoms with E-state index in [0.717, 1.165) is 4.46 Å². The van der Waals surface area contributed by atoms with Crippen LogP contribution in [0.5, 0.6) is 0 Å². The predicted octanol–water partition coefficient (Wildman–Crippen LogP) is 3.85. The molecule has 0 radical (unpaired) electrons. The Bertz CT molecular complexity index is 1100. The zero-order valence-electron chi connectivity index (χ0n) is 18.0. The molecule has 0 aromatic heterocycles. The predicted molar refractivity (Wildman–Crippen MR) is 122 cm³/mol. The van der Waals surface area contributed by atoms with Crippen molar-refractivity contribution >= 4 is 31.4 Å². The van der Waals surface area contributed by atoms with Crippen LogP contribution in [0.4, 0.5) is 8.78 Å². The van der Waals surface area contributed by atoms with Gasteiger partial charge in [-0.25, -0.2) is 0 Å². The summed E-state index contributed by atoms with van der Waals surface area (Å²) in [5.41, 5.74) is 0.432. The Balaban J connectivity index is 1.52. The van der Waals surface area contributed by atoms with Crippen molar-refractivity contribution in [1.29, 1.82) is 0 Å². The van der Waals surface area contributed by atoms with Gasteiger partial charge in [0.2, 0.25) is 0 Å². The molecular weight excluding hydrogens is 509 g/mol. The monoisotopic (exact) mass is 532 g/mol. The van der Waals surface area contributed by atoms with Crippen LogP contribution in [-0.2, 0) is 14.2 Å². The van der Waals surface area contributed by atoms with Crippen LogP contribution in [0, 0.1) is 0 Å². The van der Waals surface area contributed by atoms with E-state index < -0.39 is 63.1 Å². The standard InChI is InChI=1S/C26H22F2O5Se/c27-26(28)16-22(34-20-14-8-3-9-15-20)32-21(17-31-24(29)18-10-4-1-5-11-18)23(26)33-25(30)19-12-6-2-7-13-19/h1-15,21-23H,16-17H2/t21-,22+,23-/m1/s1. The zero-order valence-corrected chi connectivity index (χ0v) is 19.7. The molecule has 0 aliphatic carbocycles. The number of benzene rings is 3. The second-order valence-corrected chi connectivity index (χ2v) is 10.2. The molecule has 3 aromatic rings. The maximum absolute atomic E-state index is 15.3. The molecule has 0 bridgehead atoms. The number of ether oxygens (including phenoxy) is 3. The fraction of sp³-hybridized carbons (Fsp3) is 0.231. The van der Waals surface area contributed by atoms with Crippen molar-refractivity contribution in [3.63, 3.8) is 0 Å². The number of rotatable bonds is 7. The first kappa shape index (κ1) is 24.1. The van der Waals surface area contributed by atoms with E-state index in [-0.39, 0.29) is 11.1 Å². The van der Waals surface area contributed by atoms with Crippen LogP contribution in [0.1, 0.15) is 27.1 Å². The van der Waals surface area contributed by atoms with E-state index in [4.69, 9.17) is 14.2 Å². The molecule has 1 aliphatic heterocycles. The van der Waals surface area contributed by atoms with Crippen molar-refractivity contribution in [2.45, 2.75) is 29.6 Å². The zero-order chi connectivity index (χ0) is 24.0. The van der Waals surface area contributed by atoms with Gasteiger partial charge in [0.1, 0.15) is 0 Å². The van der Waals surface area contributed by atoms with Gasteiger partial charge in [0, 0.05) is 0 Å². The molecule has 1 fully saturated rings. The Labute approximate surface area is 202 Å². The summed E-state index contributed by atoms with van der Waals surface area (Å²) in [4.78, 5) is 25.0. The maximum atomic E-state index is 15.3. The van der Waals surface area contributed by atoms with E-state index in [0.29, 0.717) is 0 Å². The molecule has 0 spiro atoms. The first-order chi connectivity index (χ1) is 16.4. The molecule has 0 saturated carbocycles. The Hall–Kier alpha value is -3.06. The van der Waals surface area contributed by atoms with E-state index in [1.54, 1.807) is 48.5 Å². The minimum atomic E-state index is -3.37. The van der Waals surface area contributed by atoms with Gasteiger partial charge >= 0.3 is 202 Å². The molecule has 0 unspecified atom stereocenters. The van der Waals surface area contributed by atoms with Gasteiger partial charge < -0.3 is 0 Å². The van der Waals surface area contributed by atoms with Gasteiger partial charge in [0.25, 0.3) is 0 Å². The van der Waals surface area contributed by atoms with Crippen LogP contribution in [0.25, 0.3) is 0 Å². The second kappa shape index (κ2) is 10.9. The minimum absolute atomic E-state index is 0.147. The topological polar surface area (TPSA) is 61.8 Å². The van der Waals surface area contributed by atoms with Crippen molar-refractivity contribution in [2.24, 2.45) is 0 Å².